The van der Waals surface area contributed by atoms with Crippen molar-refractivity contribution in [3.8, 4) is 0 Å². The van der Waals surface area contributed by atoms with E-state index in [9.17, 15) is 8.42 Å². The molecule has 0 unspecified atom stereocenters. The molecule has 2 aromatic carbocycles. The van der Waals surface area contributed by atoms with Crippen LogP contribution in [0.5, 0.6) is 0 Å². The van der Waals surface area contributed by atoms with Crippen LogP contribution < -0.4 is 15.4 Å². The molecule has 0 spiro atoms. The third kappa shape index (κ3) is 6.38. The molecule has 134 valence electrons. The Bertz CT molecular complexity index is 810. The monoisotopic (exact) mass is 380 g/mol. The molecule has 0 aromatic heterocycles. The minimum Gasteiger partial charge on any atom is -0.355 e. The van der Waals surface area contributed by atoms with Gasteiger partial charge in [-0.15, -0.1) is 0 Å². The van der Waals surface area contributed by atoms with E-state index >= 15 is 0 Å². The van der Waals surface area contributed by atoms with Gasteiger partial charge in [-0.2, -0.15) is 0 Å². The van der Waals surface area contributed by atoms with Crippen LogP contribution in [0.25, 0.3) is 0 Å². The quantitative estimate of drug-likeness (QED) is 0.389. The predicted octanol–water partition coefficient (Wildman–Crippen LogP) is 1.98. The van der Waals surface area contributed by atoms with Crippen LogP contribution in [0.1, 0.15) is 5.56 Å². The highest BCUT2D eigenvalue weighted by Gasteiger charge is 2.11. The molecule has 2 rings (SSSR count). The molecule has 8 heteroatoms. The smallest absolute Gasteiger partial charge is 0.240 e. The van der Waals surface area contributed by atoms with Gasteiger partial charge in [0, 0.05) is 31.7 Å². The lowest BCUT2D eigenvalue weighted by atomic mass is 10.2. The normalized spacial score (nSPS) is 12.0. The second kappa shape index (κ2) is 9.41. The van der Waals surface area contributed by atoms with Gasteiger partial charge < -0.3 is 10.6 Å². The van der Waals surface area contributed by atoms with Crippen LogP contribution >= 0.6 is 11.6 Å². The van der Waals surface area contributed by atoms with E-state index in [0.29, 0.717) is 24.1 Å². The van der Waals surface area contributed by atoms with Gasteiger partial charge in [-0.1, -0.05) is 41.9 Å². The first-order valence-electron chi connectivity index (χ1n) is 7.75. The number of rotatable bonds is 7. The van der Waals surface area contributed by atoms with E-state index in [-0.39, 0.29) is 11.4 Å². The van der Waals surface area contributed by atoms with Gasteiger partial charge in [-0.05, 0) is 29.8 Å². The van der Waals surface area contributed by atoms with E-state index in [1.807, 2.05) is 24.3 Å². The number of halogens is 1. The summed E-state index contributed by atoms with van der Waals surface area (Å²) in [7, 11) is -1.84. The lowest BCUT2D eigenvalue weighted by Crippen LogP contribution is -2.41. The third-order valence-corrected chi connectivity index (χ3v) is 5.05. The molecule has 6 nitrogen and oxygen atoms in total. The molecule has 0 radical (unpaired) electrons. The average Bonchev–Trinajstić information content (AvgIpc) is 2.62. The molecule has 0 amide bonds. The lowest BCUT2D eigenvalue weighted by Gasteiger charge is -2.12. The highest BCUT2D eigenvalue weighted by atomic mass is 35.5. The van der Waals surface area contributed by atoms with Gasteiger partial charge in [-0.25, -0.2) is 13.1 Å². The zero-order valence-electron chi connectivity index (χ0n) is 13.9. The highest BCUT2D eigenvalue weighted by molar-refractivity contribution is 7.89. The van der Waals surface area contributed by atoms with Crippen molar-refractivity contribution in [3.05, 3.63) is 65.2 Å². The minimum absolute atomic E-state index is 0.245. The molecule has 0 atom stereocenters. The van der Waals surface area contributed by atoms with Crippen molar-refractivity contribution in [1.29, 1.82) is 0 Å². The minimum atomic E-state index is -3.49. The molecule has 0 aliphatic rings. The van der Waals surface area contributed by atoms with Crippen LogP contribution in [0, 0.1) is 0 Å². The average molecular weight is 381 g/mol. The van der Waals surface area contributed by atoms with E-state index in [1.165, 1.54) is 0 Å². The number of benzene rings is 2. The molecule has 0 saturated carbocycles. The summed E-state index contributed by atoms with van der Waals surface area (Å²) in [6, 6.07) is 15.8. The number of nitrogens with zero attached hydrogens (tertiary/aromatic N) is 1. The van der Waals surface area contributed by atoms with Crippen LogP contribution in [0.4, 0.5) is 0 Å². The second-order valence-corrected chi connectivity index (χ2v) is 7.40. The molecule has 0 saturated heterocycles. The van der Waals surface area contributed by atoms with Crippen molar-refractivity contribution in [3.63, 3.8) is 0 Å². The Morgan fingerprint density at radius 1 is 1.04 bits per heavy atom. The zero-order chi connectivity index (χ0) is 18.1. The predicted molar refractivity (Wildman–Crippen MR) is 101 cm³/mol. The largest absolute Gasteiger partial charge is 0.355 e. The van der Waals surface area contributed by atoms with Crippen molar-refractivity contribution >= 4 is 27.6 Å². The zero-order valence-corrected chi connectivity index (χ0v) is 15.4. The maximum absolute atomic E-state index is 12.1. The summed E-state index contributed by atoms with van der Waals surface area (Å²) in [5.41, 5.74) is 1.03. The Kier molecular flexibility index (Phi) is 7.24. The van der Waals surface area contributed by atoms with Gasteiger partial charge in [0.05, 0.1) is 4.90 Å². The van der Waals surface area contributed by atoms with E-state index in [4.69, 9.17) is 11.6 Å². The Labute approximate surface area is 153 Å². The summed E-state index contributed by atoms with van der Waals surface area (Å²) >= 11 is 5.95. The summed E-state index contributed by atoms with van der Waals surface area (Å²) < 4.78 is 26.7. The number of nitrogens with one attached hydrogen (secondary N) is 3. The number of hydrogen-bond donors (Lipinski definition) is 3. The number of guanidine groups is 1. The van der Waals surface area contributed by atoms with Crippen LogP contribution in [0.2, 0.25) is 5.02 Å². The molecule has 2 aromatic rings. The topological polar surface area (TPSA) is 82.6 Å². The number of hydrogen-bond acceptors (Lipinski definition) is 3. The van der Waals surface area contributed by atoms with Gasteiger partial charge in [0.1, 0.15) is 0 Å². The maximum Gasteiger partial charge on any atom is 0.240 e. The summed E-state index contributed by atoms with van der Waals surface area (Å²) in [6.45, 7) is 1.21. The van der Waals surface area contributed by atoms with Crippen molar-refractivity contribution in [2.24, 2.45) is 4.99 Å². The van der Waals surface area contributed by atoms with Crippen molar-refractivity contribution < 1.29 is 8.42 Å². The fraction of sp³-hybridized carbons (Fsp3) is 0.235. The van der Waals surface area contributed by atoms with Gasteiger partial charge in [0.15, 0.2) is 5.96 Å². The van der Waals surface area contributed by atoms with Gasteiger partial charge in [-0.3, -0.25) is 4.99 Å². The molecular weight excluding hydrogens is 360 g/mol. The van der Waals surface area contributed by atoms with Crippen molar-refractivity contribution in [2.75, 3.05) is 20.1 Å². The fourth-order valence-corrected chi connectivity index (χ4v) is 3.37. The summed E-state index contributed by atoms with van der Waals surface area (Å²) in [6.07, 6.45) is 0. The maximum atomic E-state index is 12.1. The SMILES string of the molecule is CN=C(NCCNS(=O)(=O)c1ccccc1)NCc1cccc(Cl)c1. The first-order chi connectivity index (χ1) is 12.0. The molecule has 25 heavy (non-hydrogen) atoms. The van der Waals surface area contributed by atoms with Gasteiger partial charge >= 0.3 is 0 Å². The van der Waals surface area contributed by atoms with Crippen LogP contribution in [-0.4, -0.2) is 34.5 Å². The first-order valence-corrected chi connectivity index (χ1v) is 9.61. The Hall–Kier alpha value is -2.09. The van der Waals surface area contributed by atoms with E-state index in [1.54, 1.807) is 37.4 Å². The Morgan fingerprint density at radius 2 is 1.80 bits per heavy atom. The van der Waals surface area contributed by atoms with Crippen LogP contribution in [0.3, 0.4) is 0 Å². The molecule has 0 fully saturated rings. The fourth-order valence-electron chi connectivity index (χ4n) is 2.10. The van der Waals surface area contributed by atoms with Crippen molar-refractivity contribution in [2.45, 2.75) is 11.4 Å². The van der Waals surface area contributed by atoms with Crippen molar-refractivity contribution in [1.82, 2.24) is 15.4 Å². The molecule has 0 bridgehead atoms. The standard InChI is InChI=1S/C17H21ClN4O2S/c1-19-17(21-13-14-6-5-7-15(18)12-14)20-10-11-22-25(23,24)16-8-3-2-4-9-16/h2-9,12,22H,10-11,13H2,1H3,(H2,19,20,21). The molecular formula is C17H21ClN4O2S. The van der Waals surface area contributed by atoms with E-state index in [0.717, 1.165) is 5.56 Å². The number of sulfonamides is 1. The number of aliphatic imine (C=N–C) groups is 1. The summed E-state index contributed by atoms with van der Waals surface area (Å²) in [4.78, 5) is 4.35. The Morgan fingerprint density at radius 3 is 2.48 bits per heavy atom. The lowest BCUT2D eigenvalue weighted by molar-refractivity contribution is 0.580. The van der Waals surface area contributed by atoms with E-state index in [2.05, 4.69) is 20.3 Å². The van der Waals surface area contributed by atoms with Gasteiger partial charge in [0.2, 0.25) is 10.0 Å². The van der Waals surface area contributed by atoms with Gasteiger partial charge in [0.25, 0.3) is 0 Å². The Balaban J connectivity index is 1.76. The third-order valence-electron chi connectivity index (χ3n) is 3.34. The van der Waals surface area contributed by atoms with Crippen LogP contribution in [0.15, 0.2) is 64.5 Å². The van der Waals surface area contributed by atoms with E-state index < -0.39 is 10.0 Å². The first kappa shape index (κ1) is 19.2. The molecule has 3 N–H and O–H groups in total. The summed E-state index contributed by atoms with van der Waals surface area (Å²) in [5.74, 6) is 0.582. The molecule has 0 aliphatic carbocycles. The second-order valence-electron chi connectivity index (χ2n) is 5.19. The molecule has 0 heterocycles. The summed E-state index contributed by atoms with van der Waals surface area (Å²) in [5, 5.41) is 6.88. The molecule has 0 aliphatic heterocycles. The highest BCUT2D eigenvalue weighted by Crippen LogP contribution is 2.10. The van der Waals surface area contributed by atoms with Crippen LogP contribution in [-0.2, 0) is 16.6 Å².